The zero-order chi connectivity index (χ0) is 27.2. The molecular formula is C23H22BF6NO5. The molecule has 0 aliphatic carbocycles. The van der Waals surface area contributed by atoms with E-state index in [9.17, 15) is 35.9 Å². The number of hydrogen-bond acceptors (Lipinski definition) is 5. The quantitative estimate of drug-likeness (QED) is 0.355. The summed E-state index contributed by atoms with van der Waals surface area (Å²) in [6.07, 6.45) is -7.06. The Labute approximate surface area is 203 Å². The molecule has 3 rings (SSSR count). The van der Waals surface area contributed by atoms with E-state index in [1.807, 2.05) is 5.32 Å². The zero-order valence-electron chi connectivity index (χ0n) is 19.9. The molecule has 1 atom stereocenters. The minimum absolute atomic E-state index is 0.190. The first-order valence-corrected chi connectivity index (χ1v) is 10.6. The van der Waals surface area contributed by atoms with E-state index in [0.29, 0.717) is 12.1 Å². The molecule has 1 amide bonds. The highest BCUT2D eigenvalue weighted by molar-refractivity contribution is 6.62. The maximum atomic E-state index is 14.9. The maximum Gasteiger partial charge on any atom is 0.497 e. The fraction of sp³-hybridized carbons (Fsp3) is 0.391. The lowest BCUT2D eigenvalue weighted by atomic mass is 9.78. The topological polar surface area (TPSA) is 73.9 Å². The lowest BCUT2D eigenvalue weighted by molar-refractivity contribution is -0.152. The highest BCUT2D eigenvalue weighted by Crippen LogP contribution is 2.37. The molecule has 194 valence electrons. The first-order valence-electron chi connectivity index (χ1n) is 10.6. The van der Waals surface area contributed by atoms with Gasteiger partial charge >= 0.3 is 19.3 Å². The third-order valence-corrected chi connectivity index (χ3v) is 5.95. The van der Waals surface area contributed by atoms with E-state index >= 15 is 0 Å². The Kier molecular flexibility index (Phi) is 7.21. The van der Waals surface area contributed by atoms with Gasteiger partial charge in [0.25, 0.3) is 5.91 Å². The van der Waals surface area contributed by atoms with E-state index in [-0.39, 0.29) is 11.5 Å². The fourth-order valence-corrected chi connectivity index (χ4v) is 3.38. The van der Waals surface area contributed by atoms with Crippen LogP contribution in [0.5, 0.6) is 0 Å². The van der Waals surface area contributed by atoms with Gasteiger partial charge in [-0.25, -0.2) is 13.2 Å². The number of ether oxygens (including phenoxy) is 1. The summed E-state index contributed by atoms with van der Waals surface area (Å²) in [5.74, 6) is -6.71. The Hall–Kier alpha value is -3.06. The van der Waals surface area contributed by atoms with Crippen LogP contribution in [0.3, 0.4) is 0 Å². The monoisotopic (exact) mass is 517 g/mol. The number of esters is 1. The first-order chi connectivity index (χ1) is 16.4. The molecule has 1 aliphatic rings. The van der Waals surface area contributed by atoms with Crippen LogP contribution in [0.25, 0.3) is 0 Å². The van der Waals surface area contributed by atoms with Crippen molar-refractivity contribution >= 4 is 30.1 Å². The number of hydrogen-bond donors (Lipinski definition) is 1. The van der Waals surface area contributed by atoms with Crippen molar-refractivity contribution in [2.24, 2.45) is 0 Å². The predicted molar refractivity (Wildman–Crippen MR) is 117 cm³/mol. The van der Waals surface area contributed by atoms with Crippen molar-refractivity contribution in [1.82, 2.24) is 0 Å². The normalized spacial score (nSPS) is 17.6. The van der Waals surface area contributed by atoms with Crippen LogP contribution in [0.2, 0.25) is 0 Å². The molecule has 1 N–H and O–H groups in total. The molecule has 0 spiro atoms. The summed E-state index contributed by atoms with van der Waals surface area (Å²) in [6.45, 7) is 7.70. The molecule has 1 saturated heterocycles. The SMILES string of the molecule is CC(=O)OC(C(=O)Nc1ccc(B2OC(C)(C)C(C)(C)O2)c(F)c1F)c1cc(F)cc(C(F)(F)F)c1. The largest absolute Gasteiger partial charge is 0.497 e. The number of amides is 1. The van der Waals surface area contributed by atoms with Gasteiger partial charge in [0.15, 0.2) is 11.6 Å². The summed E-state index contributed by atoms with van der Waals surface area (Å²) in [5, 5.41) is 1.97. The van der Waals surface area contributed by atoms with Crippen molar-refractivity contribution in [2.75, 3.05) is 5.32 Å². The van der Waals surface area contributed by atoms with E-state index in [1.54, 1.807) is 27.7 Å². The fourth-order valence-electron chi connectivity index (χ4n) is 3.38. The van der Waals surface area contributed by atoms with Gasteiger partial charge in [-0.2, -0.15) is 13.2 Å². The van der Waals surface area contributed by atoms with Gasteiger partial charge in [-0.15, -0.1) is 0 Å². The van der Waals surface area contributed by atoms with E-state index < -0.39 is 76.7 Å². The Morgan fingerprint density at radius 3 is 2.08 bits per heavy atom. The number of benzene rings is 2. The van der Waals surface area contributed by atoms with Gasteiger partial charge in [0, 0.05) is 17.9 Å². The summed E-state index contributed by atoms with van der Waals surface area (Å²) in [7, 11) is -1.25. The highest BCUT2D eigenvalue weighted by atomic mass is 19.4. The van der Waals surface area contributed by atoms with Gasteiger partial charge in [-0.05, 0) is 52.0 Å². The number of halogens is 6. The molecule has 1 fully saturated rings. The Balaban J connectivity index is 1.92. The number of alkyl halides is 3. The molecule has 2 aromatic rings. The van der Waals surface area contributed by atoms with Crippen LogP contribution in [0.4, 0.5) is 32.0 Å². The van der Waals surface area contributed by atoms with E-state index in [0.717, 1.165) is 19.1 Å². The zero-order valence-corrected chi connectivity index (χ0v) is 19.9. The van der Waals surface area contributed by atoms with Gasteiger partial charge in [0.1, 0.15) is 5.82 Å². The van der Waals surface area contributed by atoms with Crippen LogP contribution in [-0.4, -0.2) is 30.2 Å². The van der Waals surface area contributed by atoms with Crippen molar-refractivity contribution in [3.8, 4) is 0 Å². The third kappa shape index (κ3) is 5.51. The summed E-state index contributed by atoms with van der Waals surface area (Å²) in [5.41, 5.74) is -4.78. The van der Waals surface area contributed by atoms with Crippen LogP contribution in [0, 0.1) is 17.5 Å². The molecule has 1 heterocycles. The Morgan fingerprint density at radius 1 is 0.972 bits per heavy atom. The highest BCUT2D eigenvalue weighted by Gasteiger charge is 2.52. The van der Waals surface area contributed by atoms with E-state index in [1.165, 1.54) is 0 Å². The average Bonchev–Trinajstić information content (AvgIpc) is 2.95. The molecule has 0 saturated carbocycles. The number of carbonyl (C=O) groups is 2. The van der Waals surface area contributed by atoms with E-state index in [2.05, 4.69) is 0 Å². The molecule has 2 aromatic carbocycles. The van der Waals surface area contributed by atoms with Crippen molar-refractivity contribution in [3.63, 3.8) is 0 Å². The summed E-state index contributed by atoms with van der Waals surface area (Å²) < 4.78 is 99.1. The Morgan fingerprint density at radius 2 is 1.56 bits per heavy atom. The lowest BCUT2D eigenvalue weighted by Gasteiger charge is -2.32. The molecule has 0 bridgehead atoms. The summed E-state index contributed by atoms with van der Waals surface area (Å²) in [4.78, 5) is 24.3. The average molecular weight is 517 g/mol. The van der Waals surface area contributed by atoms with Crippen LogP contribution in [0.15, 0.2) is 30.3 Å². The van der Waals surface area contributed by atoms with Crippen LogP contribution in [0.1, 0.15) is 51.8 Å². The molecular weight excluding hydrogens is 495 g/mol. The lowest BCUT2D eigenvalue weighted by Crippen LogP contribution is -2.41. The van der Waals surface area contributed by atoms with Crippen molar-refractivity contribution in [2.45, 2.75) is 58.1 Å². The number of nitrogens with one attached hydrogen (secondary N) is 1. The second-order valence-corrected chi connectivity index (χ2v) is 9.17. The first kappa shape index (κ1) is 27.5. The second kappa shape index (κ2) is 9.43. The van der Waals surface area contributed by atoms with E-state index in [4.69, 9.17) is 14.0 Å². The van der Waals surface area contributed by atoms with Gasteiger partial charge in [-0.1, -0.05) is 6.07 Å². The smallest absolute Gasteiger partial charge is 0.447 e. The molecule has 1 aliphatic heterocycles. The minimum atomic E-state index is -4.97. The molecule has 1 unspecified atom stereocenters. The van der Waals surface area contributed by atoms with Crippen LogP contribution >= 0.6 is 0 Å². The van der Waals surface area contributed by atoms with Crippen molar-refractivity contribution in [1.29, 1.82) is 0 Å². The third-order valence-electron chi connectivity index (χ3n) is 5.95. The molecule has 6 nitrogen and oxygen atoms in total. The molecule has 13 heteroatoms. The van der Waals surface area contributed by atoms with Gasteiger partial charge in [0.2, 0.25) is 6.10 Å². The number of rotatable bonds is 5. The summed E-state index contributed by atoms with van der Waals surface area (Å²) in [6, 6.07) is 3.24. The molecule has 36 heavy (non-hydrogen) atoms. The number of carbonyl (C=O) groups excluding carboxylic acids is 2. The second-order valence-electron chi connectivity index (χ2n) is 9.17. The van der Waals surface area contributed by atoms with Gasteiger partial charge < -0.3 is 19.4 Å². The van der Waals surface area contributed by atoms with Crippen LogP contribution in [-0.2, 0) is 29.8 Å². The molecule has 0 aromatic heterocycles. The maximum absolute atomic E-state index is 14.9. The van der Waals surface area contributed by atoms with Crippen molar-refractivity contribution < 1.29 is 50.0 Å². The minimum Gasteiger partial charge on any atom is -0.447 e. The Bertz CT molecular complexity index is 1180. The number of anilines is 1. The van der Waals surface area contributed by atoms with Gasteiger partial charge in [-0.3, -0.25) is 9.59 Å². The predicted octanol–water partition coefficient (Wildman–Crippen LogP) is 4.66. The van der Waals surface area contributed by atoms with Crippen LogP contribution < -0.4 is 10.8 Å². The van der Waals surface area contributed by atoms with Gasteiger partial charge in [0.05, 0.1) is 22.5 Å². The standard InChI is InChI=1S/C23H22BF6NO5/c1-11(32)34-19(12-8-13(23(28,29)30)10-14(25)9-12)20(33)31-16-7-6-15(17(26)18(16)27)24-35-21(2,3)22(4,5)36-24/h6-10,19H,1-5H3,(H,31,33). The van der Waals surface area contributed by atoms with Crippen molar-refractivity contribution in [3.05, 3.63) is 58.9 Å². The summed E-state index contributed by atoms with van der Waals surface area (Å²) >= 11 is 0. The molecule has 0 radical (unpaired) electrons.